The van der Waals surface area contributed by atoms with Crippen molar-refractivity contribution in [2.24, 2.45) is 10.7 Å². The van der Waals surface area contributed by atoms with Crippen LogP contribution in [0.1, 0.15) is 47.0 Å². The van der Waals surface area contributed by atoms with Gasteiger partial charge in [0.2, 0.25) is 0 Å². The van der Waals surface area contributed by atoms with Crippen LogP contribution in [0.15, 0.2) is 39.7 Å². The summed E-state index contributed by atoms with van der Waals surface area (Å²) in [6.45, 7) is 11.8. The van der Waals surface area contributed by atoms with Crippen LogP contribution < -0.4 is 5.73 Å². The summed E-state index contributed by atoms with van der Waals surface area (Å²) in [7, 11) is 0. The molecule has 0 amide bonds. The van der Waals surface area contributed by atoms with Gasteiger partial charge in [-0.1, -0.05) is 32.4 Å². The highest BCUT2D eigenvalue weighted by Crippen LogP contribution is 2.18. The summed E-state index contributed by atoms with van der Waals surface area (Å²) in [5.41, 5.74) is 10.0. The van der Waals surface area contributed by atoms with E-state index in [2.05, 4.69) is 44.6 Å². The molecule has 2 heteroatoms. The molecule has 0 aliphatic heterocycles. The molecule has 0 saturated heterocycles. The maximum atomic E-state index is 6.11. The van der Waals surface area contributed by atoms with Crippen molar-refractivity contribution in [3.8, 4) is 0 Å². The molecule has 0 unspecified atom stereocenters. The molecule has 0 radical (unpaired) electrons. The zero-order valence-electron chi connectivity index (χ0n) is 11.0. The lowest BCUT2D eigenvalue weighted by Crippen LogP contribution is -2.04. The van der Waals surface area contributed by atoms with Crippen LogP contribution >= 0.6 is 0 Å². The molecule has 0 rings (SSSR count). The Labute approximate surface area is 99.6 Å². The Morgan fingerprint density at radius 1 is 1.31 bits per heavy atom. The van der Waals surface area contributed by atoms with Crippen LogP contribution in [0, 0.1) is 0 Å². The third-order valence-corrected chi connectivity index (χ3v) is 2.65. The van der Waals surface area contributed by atoms with E-state index in [0.717, 1.165) is 36.2 Å². The second kappa shape index (κ2) is 7.91. The van der Waals surface area contributed by atoms with Crippen molar-refractivity contribution in [1.29, 1.82) is 0 Å². The minimum absolute atomic E-state index is 0.833. The monoisotopic (exact) mass is 220 g/mol. The smallest absolute Gasteiger partial charge is 0.0458 e. The Balaban J connectivity index is 5.21. The van der Waals surface area contributed by atoms with Crippen LogP contribution in [0.5, 0.6) is 0 Å². The van der Waals surface area contributed by atoms with Gasteiger partial charge in [0.15, 0.2) is 0 Å². The lowest BCUT2D eigenvalue weighted by molar-refractivity contribution is 0.956. The molecule has 0 bridgehead atoms. The molecule has 0 atom stereocenters. The second-order valence-electron chi connectivity index (χ2n) is 3.90. The quantitative estimate of drug-likeness (QED) is 0.534. The standard InChI is InChI=1S/C14H24N2/c1-6-8-9-10-13(12(4)16-5)14(15)11(3)7-2/h9-10H,5-8,15H2,1-4H3/b10-9-,13-12-,14-11-. The Morgan fingerprint density at radius 3 is 2.38 bits per heavy atom. The first kappa shape index (κ1) is 14.7. The minimum atomic E-state index is 0.833. The first-order chi connectivity index (χ1) is 7.58. The third-order valence-electron chi connectivity index (χ3n) is 2.65. The van der Waals surface area contributed by atoms with Crippen LogP contribution in [0.25, 0.3) is 0 Å². The fourth-order valence-corrected chi connectivity index (χ4v) is 1.28. The number of hydrogen-bond donors (Lipinski definition) is 1. The average Bonchev–Trinajstić information content (AvgIpc) is 2.32. The van der Waals surface area contributed by atoms with Gasteiger partial charge in [-0.05, 0) is 39.0 Å². The molecule has 0 aromatic rings. The van der Waals surface area contributed by atoms with E-state index in [4.69, 9.17) is 5.73 Å². The molecule has 90 valence electrons. The van der Waals surface area contributed by atoms with E-state index >= 15 is 0 Å². The highest BCUT2D eigenvalue weighted by Gasteiger charge is 2.04. The molecular formula is C14H24N2. The lowest BCUT2D eigenvalue weighted by Gasteiger charge is -2.09. The molecule has 0 aromatic heterocycles. The molecule has 0 saturated carbocycles. The Morgan fingerprint density at radius 2 is 1.94 bits per heavy atom. The molecule has 16 heavy (non-hydrogen) atoms. The topological polar surface area (TPSA) is 38.4 Å². The molecule has 0 aliphatic carbocycles. The highest BCUT2D eigenvalue weighted by molar-refractivity contribution is 5.45. The van der Waals surface area contributed by atoms with Crippen molar-refractivity contribution in [1.82, 2.24) is 0 Å². The molecule has 2 nitrogen and oxygen atoms in total. The third kappa shape index (κ3) is 4.47. The van der Waals surface area contributed by atoms with E-state index in [9.17, 15) is 0 Å². The summed E-state index contributed by atoms with van der Waals surface area (Å²) in [4.78, 5) is 3.97. The molecule has 0 aromatic carbocycles. The van der Waals surface area contributed by atoms with Gasteiger partial charge in [0.25, 0.3) is 0 Å². The first-order valence-corrected chi connectivity index (χ1v) is 5.88. The largest absolute Gasteiger partial charge is 0.398 e. The molecule has 2 N–H and O–H groups in total. The molecule has 0 fully saturated rings. The molecule has 0 heterocycles. The Kier molecular flexibility index (Phi) is 7.27. The summed E-state index contributed by atoms with van der Waals surface area (Å²) < 4.78 is 0. The average molecular weight is 220 g/mol. The SMILES string of the molecule is C=N/C(C)=C(/C=C\CCC)C(\N)=C(/C)CC. The second-order valence-corrected chi connectivity index (χ2v) is 3.90. The van der Waals surface area contributed by atoms with Crippen LogP contribution in [-0.2, 0) is 0 Å². The van der Waals surface area contributed by atoms with Crippen molar-refractivity contribution in [3.05, 3.63) is 34.7 Å². The van der Waals surface area contributed by atoms with Crippen LogP contribution in [0.2, 0.25) is 0 Å². The summed E-state index contributed by atoms with van der Waals surface area (Å²) >= 11 is 0. The predicted octanol–water partition coefficient (Wildman–Crippen LogP) is 3.96. The van der Waals surface area contributed by atoms with E-state index in [1.54, 1.807) is 0 Å². The number of rotatable bonds is 6. The zero-order chi connectivity index (χ0) is 12.6. The number of nitrogens with two attached hydrogens (primary N) is 1. The normalized spacial score (nSPS) is 14.8. The zero-order valence-corrected chi connectivity index (χ0v) is 11.0. The minimum Gasteiger partial charge on any atom is -0.398 e. The Bertz CT molecular complexity index is 320. The van der Waals surface area contributed by atoms with Crippen LogP contribution in [0.3, 0.4) is 0 Å². The number of unbranched alkanes of at least 4 members (excludes halogenated alkanes) is 1. The van der Waals surface area contributed by atoms with E-state index in [0.29, 0.717) is 0 Å². The summed E-state index contributed by atoms with van der Waals surface area (Å²) in [6, 6.07) is 0. The fourth-order valence-electron chi connectivity index (χ4n) is 1.28. The van der Waals surface area contributed by atoms with E-state index in [-0.39, 0.29) is 0 Å². The first-order valence-electron chi connectivity index (χ1n) is 5.88. The van der Waals surface area contributed by atoms with E-state index in [1.165, 1.54) is 5.57 Å². The van der Waals surface area contributed by atoms with Gasteiger partial charge in [0.1, 0.15) is 0 Å². The molecular weight excluding hydrogens is 196 g/mol. The molecule has 0 aliphatic rings. The fraction of sp³-hybridized carbons (Fsp3) is 0.500. The summed E-state index contributed by atoms with van der Waals surface area (Å²) in [6.07, 6.45) is 7.36. The van der Waals surface area contributed by atoms with Crippen molar-refractivity contribution < 1.29 is 0 Å². The van der Waals surface area contributed by atoms with Gasteiger partial charge in [-0.2, -0.15) is 0 Å². The molecule has 0 spiro atoms. The Hall–Kier alpha value is -1.31. The lowest BCUT2D eigenvalue weighted by atomic mass is 10.0. The van der Waals surface area contributed by atoms with Gasteiger partial charge in [0.05, 0.1) is 0 Å². The highest BCUT2D eigenvalue weighted by atomic mass is 14.7. The van der Waals surface area contributed by atoms with Gasteiger partial charge in [-0.3, -0.25) is 4.99 Å². The van der Waals surface area contributed by atoms with Crippen LogP contribution in [-0.4, -0.2) is 6.72 Å². The number of aliphatic imine (C=N–C) groups is 1. The summed E-state index contributed by atoms with van der Waals surface area (Å²) in [5, 5.41) is 0. The van der Waals surface area contributed by atoms with Gasteiger partial charge in [0, 0.05) is 17.0 Å². The number of nitrogens with zero attached hydrogens (tertiary/aromatic N) is 1. The van der Waals surface area contributed by atoms with E-state index < -0.39 is 0 Å². The van der Waals surface area contributed by atoms with Gasteiger partial charge >= 0.3 is 0 Å². The van der Waals surface area contributed by atoms with Crippen molar-refractivity contribution in [2.75, 3.05) is 0 Å². The number of allylic oxidation sites excluding steroid dienone is 4. The van der Waals surface area contributed by atoms with Crippen LogP contribution in [0.4, 0.5) is 0 Å². The van der Waals surface area contributed by atoms with Gasteiger partial charge < -0.3 is 5.73 Å². The maximum Gasteiger partial charge on any atom is 0.0458 e. The van der Waals surface area contributed by atoms with Gasteiger partial charge in [-0.25, -0.2) is 0 Å². The van der Waals surface area contributed by atoms with Gasteiger partial charge in [-0.15, -0.1) is 0 Å². The van der Waals surface area contributed by atoms with Crippen molar-refractivity contribution >= 4 is 6.72 Å². The number of hydrogen-bond acceptors (Lipinski definition) is 2. The van der Waals surface area contributed by atoms with E-state index in [1.807, 2.05) is 6.92 Å². The van der Waals surface area contributed by atoms with Crippen molar-refractivity contribution in [3.63, 3.8) is 0 Å². The van der Waals surface area contributed by atoms with Crippen molar-refractivity contribution in [2.45, 2.75) is 47.0 Å². The summed E-state index contributed by atoms with van der Waals surface area (Å²) in [5.74, 6) is 0. The predicted molar refractivity (Wildman–Crippen MR) is 73.5 cm³/mol. The maximum absolute atomic E-state index is 6.11.